The Morgan fingerprint density at radius 3 is 2.88 bits per heavy atom. The van der Waals surface area contributed by atoms with Gasteiger partial charge in [-0.1, -0.05) is 6.92 Å². The molecule has 2 aromatic rings. The van der Waals surface area contributed by atoms with Crippen molar-refractivity contribution in [1.82, 2.24) is 15.0 Å². The summed E-state index contributed by atoms with van der Waals surface area (Å²) in [6, 6.07) is 4.80. The number of hydrogen-bond acceptors (Lipinski definition) is 4. The number of aromatic nitrogens is 3. The van der Waals surface area contributed by atoms with E-state index in [1.54, 1.807) is 19.1 Å². The van der Waals surface area contributed by atoms with Crippen LogP contribution in [0.3, 0.4) is 0 Å². The van der Waals surface area contributed by atoms with E-state index in [0.29, 0.717) is 11.7 Å². The van der Waals surface area contributed by atoms with Gasteiger partial charge in [0.15, 0.2) is 5.75 Å². The predicted molar refractivity (Wildman–Crippen MR) is 60.4 cm³/mol. The van der Waals surface area contributed by atoms with Crippen molar-refractivity contribution >= 4 is 0 Å². The van der Waals surface area contributed by atoms with Gasteiger partial charge in [-0.15, -0.1) is 0 Å². The number of nitrogens with zero attached hydrogens (tertiary/aromatic N) is 3. The standard InChI is InChI=1S/C12H12FN3O/c1-3-9-7-11(16-8(2)15-9)17-10-5-4-6-14-12(10)13/h4-7H,3H2,1-2H3. The summed E-state index contributed by atoms with van der Waals surface area (Å²) in [5, 5.41) is 0. The Bertz CT molecular complexity index is 531. The Balaban J connectivity index is 2.30. The molecule has 0 amide bonds. The van der Waals surface area contributed by atoms with Gasteiger partial charge in [0.05, 0.1) is 0 Å². The first kappa shape index (κ1) is 11.4. The Morgan fingerprint density at radius 2 is 2.18 bits per heavy atom. The van der Waals surface area contributed by atoms with Crippen molar-refractivity contribution in [1.29, 1.82) is 0 Å². The summed E-state index contributed by atoms with van der Waals surface area (Å²) in [6.45, 7) is 3.75. The molecule has 0 N–H and O–H groups in total. The maximum Gasteiger partial charge on any atom is 0.255 e. The van der Waals surface area contributed by atoms with E-state index in [2.05, 4.69) is 15.0 Å². The number of halogens is 1. The van der Waals surface area contributed by atoms with Crippen LogP contribution in [0.5, 0.6) is 11.6 Å². The second kappa shape index (κ2) is 4.86. The molecule has 5 heteroatoms. The van der Waals surface area contributed by atoms with E-state index < -0.39 is 5.95 Å². The molecular weight excluding hydrogens is 221 g/mol. The quantitative estimate of drug-likeness (QED) is 0.765. The zero-order valence-corrected chi connectivity index (χ0v) is 9.64. The average molecular weight is 233 g/mol. The zero-order valence-electron chi connectivity index (χ0n) is 9.64. The molecule has 0 unspecified atom stereocenters. The molecule has 0 saturated carbocycles. The minimum atomic E-state index is -0.651. The first-order chi connectivity index (χ1) is 8.19. The maximum absolute atomic E-state index is 13.3. The van der Waals surface area contributed by atoms with Gasteiger partial charge in [-0.3, -0.25) is 0 Å². The molecule has 0 radical (unpaired) electrons. The summed E-state index contributed by atoms with van der Waals surface area (Å²) in [6.07, 6.45) is 2.14. The Labute approximate surface area is 98.5 Å². The number of pyridine rings is 1. The lowest BCUT2D eigenvalue weighted by atomic mass is 10.3. The van der Waals surface area contributed by atoms with Crippen molar-refractivity contribution in [2.75, 3.05) is 0 Å². The van der Waals surface area contributed by atoms with E-state index >= 15 is 0 Å². The molecule has 0 aliphatic carbocycles. The number of hydrogen-bond donors (Lipinski definition) is 0. The molecule has 4 nitrogen and oxygen atoms in total. The summed E-state index contributed by atoms with van der Waals surface area (Å²) in [5.74, 6) is 0.347. The van der Waals surface area contributed by atoms with Crippen LogP contribution in [-0.2, 0) is 6.42 Å². The highest BCUT2D eigenvalue weighted by Crippen LogP contribution is 2.21. The van der Waals surface area contributed by atoms with Gasteiger partial charge in [-0.2, -0.15) is 9.37 Å². The van der Waals surface area contributed by atoms with E-state index in [9.17, 15) is 4.39 Å². The second-order valence-corrected chi connectivity index (χ2v) is 3.49. The zero-order chi connectivity index (χ0) is 12.3. The van der Waals surface area contributed by atoms with Crippen molar-refractivity contribution in [3.63, 3.8) is 0 Å². The molecule has 0 spiro atoms. The van der Waals surface area contributed by atoms with Crippen molar-refractivity contribution in [2.45, 2.75) is 20.3 Å². The Morgan fingerprint density at radius 1 is 1.35 bits per heavy atom. The lowest BCUT2D eigenvalue weighted by molar-refractivity contribution is 0.413. The summed E-state index contributed by atoms with van der Waals surface area (Å²) in [4.78, 5) is 11.8. The summed E-state index contributed by atoms with van der Waals surface area (Å²) in [7, 11) is 0. The fourth-order valence-electron chi connectivity index (χ4n) is 1.39. The van der Waals surface area contributed by atoms with E-state index in [1.807, 2.05) is 6.92 Å². The monoisotopic (exact) mass is 233 g/mol. The van der Waals surface area contributed by atoms with Gasteiger partial charge in [0.1, 0.15) is 5.82 Å². The molecule has 2 heterocycles. The van der Waals surface area contributed by atoms with Crippen LogP contribution in [-0.4, -0.2) is 15.0 Å². The Kier molecular flexibility index (Phi) is 3.27. The molecule has 17 heavy (non-hydrogen) atoms. The summed E-state index contributed by atoms with van der Waals surface area (Å²) >= 11 is 0. The van der Waals surface area contributed by atoms with Crippen LogP contribution < -0.4 is 4.74 Å². The summed E-state index contributed by atoms with van der Waals surface area (Å²) < 4.78 is 18.6. The summed E-state index contributed by atoms with van der Waals surface area (Å²) in [5.41, 5.74) is 0.858. The average Bonchev–Trinajstić information content (AvgIpc) is 2.31. The molecule has 0 saturated heterocycles. The van der Waals surface area contributed by atoms with E-state index in [4.69, 9.17) is 4.74 Å². The minimum absolute atomic E-state index is 0.0626. The molecule has 88 valence electrons. The highest BCUT2D eigenvalue weighted by atomic mass is 19.1. The number of aryl methyl sites for hydroxylation is 2. The van der Waals surface area contributed by atoms with Crippen LogP contribution >= 0.6 is 0 Å². The third-order valence-electron chi connectivity index (χ3n) is 2.17. The molecule has 0 atom stereocenters. The molecule has 0 aliphatic rings. The molecule has 2 aromatic heterocycles. The van der Waals surface area contributed by atoms with Gasteiger partial charge in [-0.25, -0.2) is 9.97 Å². The van der Waals surface area contributed by atoms with Crippen molar-refractivity contribution in [3.05, 3.63) is 41.9 Å². The van der Waals surface area contributed by atoms with E-state index in [-0.39, 0.29) is 5.75 Å². The van der Waals surface area contributed by atoms with Crippen LogP contribution in [0.25, 0.3) is 0 Å². The topological polar surface area (TPSA) is 47.9 Å². The van der Waals surface area contributed by atoms with Crippen molar-refractivity contribution in [3.8, 4) is 11.6 Å². The molecule has 0 bridgehead atoms. The van der Waals surface area contributed by atoms with Gasteiger partial charge in [0, 0.05) is 18.0 Å². The largest absolute Gasteiger partial charge is 0.434 e. The van der Waals surface area contributed by atoms with Crippen molar-refractivity contribution < 1.29 is 9.13 Å². The molecular formula is C12H12FN3O. The second-order valence-electron chi connectivity index (χ2n) is 3.49. The van der Waals surface area contributed by atoms with Crippen LogP contribution in [0, 0.1) is 12.9 Å². The first-order valence-corrected chi connectivity index (χ1v) is 5.32. The smallest absolute Gasteiger partial charge is 0.255 e. The van der Waals surface area contributed by atoms with Gasteiger partial charge in [0.25, 0.3) is 5.95 Å². The van der Waals surface area contributed by atoms with Crippen LogP contribution in [0.15, 0.2) is 24.4 Å². The van der Waals surface area contributed by atoms with Gasteiger partial charge >= 0.3 is 0 Å². The Hall–Kier alpha value is -2.04. The van der Waals surface area contributed by atoms with E-state index in [0.717, 1.165) is 12.1 Å². The lowest BCUT2D eigenvalue weighted by Gasteiger charge is -2.06. The van der Waals surface area contributed by atoms with Crippen LogP contribution in [0.2, 0.25) is 0 Å². The third-order valence-corrected chi connectivity index (χ3v) is 2.17. The fourth-order valence-corrected chi connectivity index (χ4v) is 1.39. The molecule has 2 rings (SSSR count). The molecule has 0 fully saturated rings. The van der Waals surface area contributed by atoms with E-state index in [1.165, 1.54) is 12.3 Å². The molecule has 0 aliphatic heterocycles. The lowest BCUT2D eigenvalue weighted by Crippen LogP contribution is -1.98. The van der Waals surface area contributed by atoms with Crippen molar-refractivity contribution in [2.24, 2.45) is 0 Å². The fraction of sp³-hybridized carbons (Fsp3) is 0.250. The number of rotatable bonds is 3. The predicted octanol–water partition coefficient (Wildman–Crippen LogP) is 2.67. The minimum Gasteiger partial charge on any atom is -0.434 e. The molecule has 0 aromatic carbocycles. The first-order valence-electron chi connectivity index (χ1n) is 5.32. The van der Waals surface area contributed by atoms with Crippen LogP contribution in [0.1, 0.15) is 18.4 Å². The SMILES string of the molecule is CCc1cc(Oc2cccnc2F)nc(C)n1. The third kappa shape index (κ3) is 2.75. The highest BCUT2D eigenvalue weighted by Gasteiger charge is 2.07. The maximum atomic E-state index is 13.3. The highest BCUT2D eigenvalue weighted by molar-refractivity contribution is 5.26. The van der Waals surface area contributed by atoms with Gasteiger partial charge < -0.3 is 4.74 Å². The number of ether oxygens (including phenoxy) is 1. The van der Waals surface area contributed by atoms with Gasteiger partial charge in [0.2, 0.25) is 5.88 Å². The van der Waals surface area contributed by atoms with Crippen LogP contribution in [0.4, 0.5) is 4.39 Å². The van der Waals surface area contributed by atoms with Gasteiger partial charge in [-0.05, 0) is 25.5 Å². The normalized spacial score (nSPS) is 10.3.